The summed E-state index contributed by atoms with van der Waals surface area (Å²) in [5.74, 6) is -0.224. The van der Waals surface area contributed by atoms with E-state index in [1.165, 1.54) is 0 Å². The van der Waals surface area contributed by atoms with E-state index in [0.29, 0.717) is 0 Å². The molecule has 16 heavy (non-hydrogen) atoms. The zero-order valence-corrected chi connectivity index (χ0v) is 10.6. The van der Waals surface area contributed by atoms with Gasteiger partial charge in [0.05, 0.1) is 0 Å². The maximum atomic E-state index is 11.6. The lowest BCUT2D eigenvalue weighted by atomic mass is 9.88. The van der Waals surface area contributed by atoms with Gasteiger partial charge in [0.1, 0.15) is 5.54 Å². The summed E-state index contributed by atoms with van der Waals surface area (Å²) in [4.78, 5) is 15.9. The van der Waals surface area contributed by atoms with Gasteiger partial charge in [-0.05, 0) is 40.5 Å². The number of nitrogens with two attached hydrogens (primary N) is 1. The van der Waals surface area contributed by atoms with E-state index in [0.717, 1.165) is 39.0 Å². The highest BCUT2D eigenvalue weighted by Gasteiger charge is 2.39. The zero-order valence-electron chi connectivity index (χ0n) is 10.6. The molecular formula is C11H24N4O. The van der Waals surface area contributed by atoms with Crippen molar-refractivity contribution in [3.8, 4) is 0 Å². The van der Waals surface area contributed by atoms with E-state index in [1.807, 2.05) is 21.1 Å². The molecule has 0 aromatic rings. The lowest BCUT2D eigenvalue weighted by Crippen LogP contribution is -2.64. The van der Waals surface area contributed by atoms with Crippen molar-refractivity contribution in [2.75, 3.05) is 47.3 Å². The number of hydrogen-bond acceptors (Lipinski definition) is 4. The van der Waals surface area contributed by atoms with Gasteiger partial charge in [0.25, 0.3) is 0 Å². The van der Waals surface area contributed by atoms with Crippen LogP contribution >= 0.6 is 0 Å². The predicted molar refractivity (Wildman–Crippen MR) is 65.2 cm³/mol. The van der Waals surface area contributed by atoms with Crippen molar-refractivity contribution < 1.29 is 4.79 Å². The fraction of sp³-hybridized carbons (Fsp3) is 0.909. The lowest BCUT2D eigenvalue weighted by Gasteiger charge is -2.40. The zero-order chi connectivity index (χ0) is 12.2. The number of nitrogens with zero attached hydrogens (tertiary/aromatic N) is 2. The smallest absolute Gasteiger partial charge is 0.239 e. The summed E-state index contributed by atoms with van der Waals surface area (Å²) in [6.07, 6.45) is 1.87. The normalized spacial score (nSPS) is 27.2. The first-order chi connectivity index (χ1) is 7.46. The molecule has 0 aromatic heterocycles. The van der Waals surface area contributed by atoms with Crippen LogP contribution in [0.25, 0.3) is 0 Å². The highest BCUT2D eigenvalue weighted by molar-refractivity contribution is 5.85. The third-order valence-electron chi connectivity index (χ3n) is 3.18. The average Bonchev–Trinajstić information content (AvgIpc) is 2.16. The van der Waals surface area contributed by atoms with Crippen molar-refractivity contribution in [1.29, 1.82) is 0 Å². The molecule has 0 saturated carbocycles. The number of hydrogen-bond donors (Lipinski definition) is 2. The molecule has 5 nitrogen and oxygen atoms in total. The van der Waals surface area contributed by atoms with E-state index in [9.17, 15) is 4.79 Å². The molecule has 1 saturated heterocycles. The topological polar surface area (TPSA) is 61.6 Å². The second-order valence-electron chi connectivity index (χ2n) is 5.02. The number of carbonyl (C=O) groups is 1. The van der Waals surface area contributed by atoms with E-state index in [1.54, 1.807) is 0 Å². The van der Waals surface area contributed by atoms with Gasteiger partial charge >= 0.3 is 0 Å². The quantitative estimate of drug-likeness (QED) is 0.639. The van der Waals surface area contributed by atoms with Crippen molar-refractivity contribution in [3.63, 3.8) is 0 Å². The summed E-state index contributed by atoms with van der Waals surface area (Å²) in [7, 11) is 6.07. The van der Waals surface area contributed by atoms with Gasteiger partial charge in [-0.15, -0.1) is 0 Å². The summed E-state index contributed by atoms with van der Waals surface area (Å²) in [6.45, 7) is 3.47. The third kappa shape index (κ3) is 3.43. The molecule has 1 heterocycles. The fourth-order valence-electron chi connectivity index (χ4n) is 2.22. The summed E-state index contributed by atoms with van der Waals surface area (Å²) in [6, 6.07) is 0. The minimum Gasteiger partial charge on any atom is -0.368 e. The maximum absolute atomic E-state index is 11.6. The Balaban J connectivity index is 2.55. The molecule has 0 spiro atoms. The second kappa shape index (κ2) is 5.61. The summed E-state index contributed by atoms with van der Waals surface area (Å²) in [5, 5.41) is 3.34. The van der Waals surface area contributed by atoms with E-state index in [4.69, 9.17) is 5.73 Å². The van der Waals surface area contributed by atoms with Crippen molar-refractivity contribution in [2.24, 2.45) is 5.73 Å². The largest absolute Gasteiger partial charge is 0.368 e. The van der Waals surface area contributed by atoms with Crippen LogP contribution in [-0.2, 0) is 4.79 Å². The van der Waals surface area contributed by atoms with Gasteiger partial charge in [-0.25, -0.2) is 0 Å². The Morgan fingerprint density at radius 1 is 1.56 bits per heavy atom. The molecule has 1 aliphatic heterocycles. The molecule has 0 radical (unpaired) electrons. The van der Waals surface area contributed by atoms with Crippen molar-refractivity contribution >= 4 is 5.91 Å². The minimum atomic E-state index is -0.525. The van der Waals surface area contributed by atoms with Crippen LogP contribution in [0, 0.1) is 0 Å². The Hall–Kier alpha value is -0.650. The standard InChI is InChI=1S/C11H24N4O/c1-14(2)8-6-13-11(10(12)16)5-4-7-15(3)9-11/h13H,4-9H2,1-3H3,(H2,12,16). The number of primary amides is 1. The van der Waals surface area contributed by atoms with E-state index in [-0.39, 0.29) is 5.91 Å². The number of likely N-dealkylation sites (tertiary alicyclic amines) is 1. The number of rotatable bonds is 5. The molecule has 1 aliphatic rings. The van der Waals surface area contributed by atoms with Gasteiger partial charge in [-0.3, -0.25) is 4.79 Å². The van der Waals surface area contributed by atoms with Crippen molar-refractivity contribution in [3.05, 3.63) is 0 Å². The molecule has 3 N–H and O–H groups in total. The van der Waals surface area contributed by atoms with Gasteiger partial charge in [-0.2, -0.15) is 0 Å². The Bertz CT molecular complexity index is 244. The molecule has 1 fully saturated rings. The van der Waals surface area contributed by atoms with Crippen LogP contribution in [-0.4, -0.2) is 68.6 Å². The molecule has 5 heteroatoms. The van der Waals surface area contributed by atoms with Gasteiger partial charge in [0.2, 0.25) is 5.91 Å². The third-order valence-corrected chi connectivity index (χ3v) is 3.18. The van der Waals surface area contributed by atoms with E-state index >= 15 is 0 Å². The van der Waals surface area contributed by atoms with Crippen LogP contribution in [0.5, 0.6) is 0 Å². The second-order valence-corrected chi connectivity index (χ2v) is 5.02. The van der Waals surface area contributed by atoms with Crippen LogP contribution in [0.3, 0.4) is 0 Å². The van der Waals surface area contributed by atoms with Crippen molar-refractivity contribution in [1.82, 2.24) is 15.1 Å². The number of amides is 1. The molecule has 1 atom stereocenters. The van der Waals surface area contributed by atoms with Gasteiger partial charge < -0.3 is 20.9 Å². The first kappa shape index (κ1) is 13.4. The SMILES string of the molecule is CN(C)CCNC1(C(N)=O)CCCN(C)C1. The highest BCUT2D eigenvalue weighted by atomic mass is 16.1. The number of likely N-dealkylation sites (N-methyl/N-ethyl adjacent to an activating group) is 2. The average molecular weight is 228 g/mol. The van der Waals surface area contributed by atoms with Crippen LogP contribution < -0.4 is 11.1 Å². The molecule has 0 aromatic carbocycles. The Kier molecular flexibility index (Phi) is 4.70. The van der Waals surface area contributed by atoms with Crippen molar-refractivity contribution in [2.45, 2.75) is 18.4 Å². The Morgan fingerprint density at radius 2 is 2.25 bits per heavy atom. The molecule has 1 amide bonds. The number of piperidine rings is 1. The van der Waals surface area contributed by atoms with E-state index in [2.05, 4.69) is 15.1 Å². The summed E-state index contributed by atoms with van der Waals surface area (Å²) in [5.41, 5.74) is 5.01. The molecule has 1 unspecified atom stereocenters. The van der Waals surface area contributed by atoms with Gasteiger partial charge in [0.15, 0.2) is 0 Å². The molecule has 0 bridgehead atoms. The van der Waals surface area contributed by atoms with Crippen LogP contribution in [0.4, 0.5) is 0 Å². The van der Waals surface area contributed by atoms with Crippen LogP contribution in [0.1, 0.15) is 12.8 Å². The van der Waals surface area contributed by atoms with Gasteiger partial charge in [-0.1, -0.05) is 0 Å². The lowest BCUT2D eigenvalue weighted by molar-refractivity contribution is -0.126. The molecule has 0 aliphatic carbocycles. The monoisotopic (exact) mass is 228 g/mol. The fourth-order valence-corrected chi connectivity index (χ4v) is 2.22. The number of nitrogens with one attached hydrogen (secondary N) is 1. The van der Waals surface area contributed by atoms with Crippen LogP contribution in [0.15, 0.2) is 0 Å². The van der Waals surface area contributed by atoms with Gasteiger partial charge in [0, 0.05) is 19.6 Å². The maximum Gasteiger partial charge on any atom is 0.239 e. The molecule has 1 rings (SSSR count). The first-order valence-corrected chi connectivity index (χ1v) is 5.84. The van der Waals surface area contributed by atoms with Crippen LogP contribution in [0.2, 0.25) is 0 Å². The summed E-state index contributed by atoms with van der Waals surface area (Å²) < 4.78 is 0. The number of carbonyl (C=O) groups excluding carboxylic acids is 1. The highest BCUT2D eigenvalue weighted by Crippen LogP contribution is 2.19. The molecular weight excluding hydrogens is 204 g/mol. The summed E-state index contributed by atoms with van der Waals surface area (Å²) >= 11 is 0. The minimum absolute atomic E-state index is 0.224. The van der Waals surface area contributed by atoms with E-state index < -0.39 is 5.54 Å². The Morgan fingerprint density at radius 3 is 2.75 bits per heavy atom. The molecule has 94 valence electrons. The predicted octanol–water partition coefficient (Wildman–Crippen LogP) is -0.913. The first-order valence-electron chi connectivity index (χ1n) is 5.84. The Labute approximate surface area is 98.0 Å².